The second-order valence-electron chi connectivity index (χ2n) is 5.76. The fourth-order valence-corrected chi connectivity index (χ4v) is 2.69. The smallest absolute Gasteiger partial charge is 0.323 e. The Labute approximate surface area is 112 Å². The Hall–Kier alpha value is -0.570. The zero-order valence-electron chi connectivity index (χ0n) is 12.5. The van der Waals surface area contributed by atoms with E-state index in [1.807, 2.05) is 6.92 Å². The second-order valence-corrected chi connectivity index (χ2v) is 5.76. The minimum Gasteiger partial charge on any atom is -0.465 e. The Balaban J connectivity index is 2.57. The summed E-state index contributed by atoms with van der Waals surface area (Å²) in [5.41, 5.74) is 0.474. The Morgan fingerprint density at radius 2 is 1.89 bits per heavy atom. The van der Waals surface area contributed by atoms with Gasteiger partial charge in [0.15, 0.2) is 0 Å². The Kier molecular flexibility index (Phi) is 6.13. The number of carbonyl (C=O) groups is 1. The van der Waals surface area contributed by atoms with Crippen LogP contribution in [-0.4, -0.2) is 36.6 Å². The van der Waals surface area contributed by atoms with E-state index in [4.69, 9.17) is 4.74 Å². The maximum Gasteiger partial charge on any atom is 0.323 e. The summed E-state index contributed by atoms with van der Waals surface area (Å²) in [4.78, 5) is 14.3. The van der Waals surface area contributed by atoms with Crippen molar-refractivity contribution in [2.45, 2.75) is 65.8 Å². The van der Waals surface area contributed by atoms with E-state index >= 15 is 0 Å². The number of piperidine rings is 1. The van der Waals surface area contributed by atoms with Gasteiger partial charge >= 0.3 is 5.97 Å². The second kappa shape index (κ2) is 7.13. The van der Waals surface area contributed by atoms with Gasteiger partial charge < -0.3 is 4.74 Å². The van der Waals surface area contributed by atoms with Crippen LogP contribution in [0.1, 0.15) is 59.8 Å². The van der Waals surface area contributed by atoms with Gasteiger partial charge in [-0.2, -0.15) is 0 Å². The lowest BCUT2D eigenvalue weighted by Gasteiger charge is -2.41. The molecule has 3 heteroatoms. The van der Waals surface area contributed by atoms with Gasteiger partial charge in [-0.05, 0) is 44.7 Å². The fraction of sp³-hybridized carbons (Fsp3) is 0.933. The molecule has 1 aliphatic rings. The van der Waals surface area contributed by atoms with Gasteiger partial charge in [0.25, 0.3) is 0 Å². The molecule has 106 valence electrons. The molecule has 1 saturated heterocycles. The van der Waals surface area contributed by atoms with Gasteiger partial charge in [0.05, 0.1) is 6.61 Å². The van der Waals surface area contributed by atoms with Crippen molar-refractivity contribution in [1.82, 2.24) is 4.90 Å². The Morgan fingerprint density at radius 3 is 2.33 bits per heavy atom. The molecule has 1 atom stereocenters. The molecule has 0 amide bonds. The molecule has 0 radical (unpaired) electrons. The number of nitrogens with zero attached hydrogens (tertiary/aromatic N) is 1. The van der Waals surface area contributed by atoms with Crippen molar-refractivity contribution in [3.05, 3.63) is 0 Å². The molecule has 0 aromatic heterocycles. The predicted molar refractivity (Wildman–Crippen MR) is 74.5 cm³/mol. The first kappa shape index (κ1) is 15.5. The quantitative estimate of drug-likeness (QED) is 0.682. The van der Waals surface area contributed by atoms with Crippen LogP contribution >= 0.6 is 0 Å². The average Bonchev–Trinajstić information content (AvgIpc) is 2.37. The van der Waals surface area contributed by atoms with Crippen molar-refractivity contribution >= 4 is 5.97 Å². The van der Waals surface area contributed by atoms with E-state index in [2.05, 4.69) is 25.7 Å². The van der Waals surface area contributed by atoms with E-state index < -0.39 is 0 Å². The van der Waals surface area contributed by atoms with Crippen LogP contribution in [0.15, 0.2) is 0 Å². The van der Waals surface area contributed by atoms with Crippen LogP contribution in [0.4, 0.5) is 0 Å². The summed E-state index contributed by atoms with van der Waals surface area (Å²) >= 11 is 0. The fourth-order valence-electron chi connectivity index (χ4n) is 2.69. The van der Waals surface area contributed by atoms with Crippen LogP contribution < -0.4 is 0 Å². The number of likely N-dealkylation sites (tertiary alicyclic amines) is 1. The van der Waals surface area contributed by atoms with E-state index in [0.29, 0.717) is 12.0 Å². The SMILES string of the molecule is CCCC(C(=O)OCC)N1CCC(C)(CC)CC1. The molecule has 3 nitrogen and oxygen atoms in total. The van der Waals surface area contributed by atoms with E-state index in [1.165, 1.54) is 19.3 Å². The molecule has 0 saturated carbocycles. The van der Waals surface area contributed by atoms with Gasteiger partial charge in [0.2, 0.25) is 0 Å². The van der Waals surface area contributed by atoms with Crippen LogP contribution in [0.3, 0.4) is 0 Å². The number of ether oxygens (including phenoxy) is 1. The van der Waals surface area contributed by atoms with Crippen molar-refractivity contribution in [2.75, 3.05) is 19.7 Å². The van der Waals surface area contributed by atoms with Crippen LogP contribution in [0.25, 0.3) is 0 Å². The molecule has 1 fully saturated rings. The lowest BCUT2D eigenvalue weighted by Crippen LogP contribution is -2.48. The molecule has 0 aromatic carbocycles. The van der Waals surface area contributed by atoms with Crippen molar-refractivity contribution < 1.29 is 9.53 Å². The monoisotopic (exact) mass is 255 g/mol. The summed E-state index contributed by atoms with van der Waals surface area (Å²) in [5.74, 6) is -0.0283. The molecule has 0 bridgehead atoms. The first-order valence-electron chi connectivity index (χ1n) is 7.47. The van der Waals surface area contributed by atoms with E-state index in [-0.39, 0.29) is 12.0 Å². The topological polar surface area (TPSA) is 29.5 Å². The summed E-state index contributed by atoms with van der Waals surface area (Å²) in [6.45, 7) is 11.2. The van der Waals surface area contributed by atoms with E-state index in [1.54, 1.807) is 0 Å². The largest absolute Gasteiger partial charge is 0.465 e. The molecule has 0 aromatic rings. The Bertz CT molecular complexity index is 257. The predicted octanol–water partition coefficient (Wildman–Crippen LogP) is 3.23. The highest BCUT2D eigenvalue weighted by molar-refractivity contribution is 5.75. The Morgan fingerprint density at radius 1 is 1.28 bits per heavy atom. The maximum absolute atomic E-state index is 12.0. The van der Waals surface area contributed by atoms with Crippen molar-refractivity contribution in [3.63, 3.8) is 0 Å². The minimum absolute atomic E-state index is 0.0173. The van der Waals surface area contributed by atoms with Gasteiger partial charge in [0.1, 0.15) is 6.04 Å². The minimum atomic E-state index is -0.0283. The molecule has 0 N–H and O–H groups in total. The highest BCUT2D eigenvalue weighted by Gasteiger charge is 2.34. The molecule has 1 unspecified atom stereocenters. The van der Waals surface area contributed by atoms with E-state index in [9.17, 15) is 4.79 Å². The highest BCUT2D eigenvalue weighted by atomic mass is 16.5. The van der Waals surface area contributed by atoms with Crippen LogP contribution in [0, 0.1) is 5.41 Å². The first-order valence-corrected chi connectivity index (χ1v) is 7.47. The normalized spacial score (nSPS) is 21.6. The molecular weight excluding hydrogens is 226 g/mol. The maximum atomic E-state index is 12.0. The number of carbonyl (C=O) groups excluding carboxylic acids is 1. The van der Waals surface area contributed by atoms with Crippen molar-refractivity contribution in [1.29, 1.82) is 0 Å². The first-order chi connectivity index (χ1) is 8.56. The molecule has 1 heterocycles. The van der Waals surface area contributed by atoms with Gasteiger partial charge in [-0.1, -0.05) is 33.6 Å². The average molecular weight is 255 g/mol. The third-order valence-electron chi connectivity index (χ3n) is 4.42. The molecule has 0 aliphatic carbocycles. The third-order valence-corrected chi connectivity index (χ3v) is 4.42. The van der Waals surface area contributed by atoms with Crippen molar-refractivity contribution in [3.8, 4) is 0 Å². The molecule has 1 aliphatic heterocycles. The number of rotatable bonds is 6. The lowest BCUT2D eigenvalue weighted by atomic mass is 9.78. The zero-order valence-corrected chi connectivity index (χ0v) is 12.5. The number of hydrogen-bond acceptors (Lipinski definition) is 3. The summed E-state index contributed by atoms with van der Waals surface area (Å²) < 4.78 is 5.21. The zero-order chi connectivity index (χ0) is 13.6. The third kappa shape index (κ3) is 3.98. The van der Waals surface area contributed by atoms with Gasteiger partial charge in [-0.3, -0.25) is 9.69 Å². The van der Waals surface area contributed by atoms with Crippen LogP contribution in [-0.2, 0) is 9.53 Å². The standard InChI is InChI=1S/C15H29NO2/c1-5-8-13(14(17)18-7-3)16-11-9-15(4,6-2)10-12-16/h13H,5-12H2,1-4H3. The number of esters is 1. The summed E-state index contributed by atoms with van der Waals surface area (Å²) in [6, 6.07) is -0.0173. The summed E-state index contributed by atoms with van der Waals surface area (Å²) in [5, 5.41) is 0. The number of hydrogen-bond donors (Lipinski definition) is 0. The summed E-state index contributed by atoms with van der Waals surface area (Å²) in [7, 11) is 0. The highest BCUT2D eigenvalue weighted by Crippen LogP contribution is 2.35. The van der Waals surface area contributed by atoms with Gasteiger partial charge in [-0.15, -0.1) is 0 Å². The van der Waals surface area contributed by atoms with Crippen LogP contribution in [0.5, 0.6) is 0 Å². The molecule has 0 spiro atoms. The van der Waals surface area contributed by atoms with Crippen molar-refractivity contribution in [2.24, 2.45) is 5.41 Å². The van der Waals surface area contributed by atoms with E-state index in [0.717, 1.165) is 25.9 Å². The molecule has 1 rings (SSSR count). The molecular formula is C15H29NO2. The molecule has 18 heavy (non-hydrogen) atoms. The summed E-state index contributed by atoms with van der Waals surface area (Å²) in [6.07, 6.45) is 5.58. The lowest BCUT2D eigenvalue weighted by molar-refractivity contribution is -0.151. The van der Waals surface area contributed by atoms with Gasteiger partial charge in [-0.25, -0.2) is 0 Å². The van der Waals surface area contributed by atoms with Crippen LogP contribution in [0.2, 0.25) is 0 Å². The van der Waals surface area contributed by atoms with Gasteiger partial charge in [0, 0.05) is 0 Å².